The van der Waals surface area contributed by atoms with Gasteiger partial charge in [0.05, 0.1) is 47.5 Å². The van der Waals surface area contributed by atoms with Gasteiger partial charge < -0.3 is 67.6 Å². The number of aliphatic hydroxyl groups is 1. The second-order valence-corrected chi connectivity index (χ2v) is 33.0. The Balaban J connectivity index is 0.000000198. The van der Waals surface area contributed by atoms with Crippen LogP contribution in [0.4, 0.5) is 4.79 Å². The Morgan fingerprint density at radius 3 is 1.93 bits per heavy atom. The van der Waals surface area contributed by atoms with Gasteiger partial charge in [-0.1, -0.05) is 85.8 Å². The summed E-state index contributed by atoms with van der Waals surface area (Å²) in [7, 11) is 7.23. The molecule has 9 heterocycles. The van der Waals surface area contributed by atoms with E-state index in [2.05, 4.69) is 103 Å². The third kappa shape index (κ3) is 14.2. The number of esters is 2. The molecule has 16 rings (SSSR count). The Morgan fingerprint density at radius 1 is 0.768 bits per heavy atom. The molecule has 14 atom stereocenters. The minimum absolute atomic E-state index is 0. The molecule has 0 saturated carbocycles. The van der Waals surface area contributed by atoms with E-state index in [4.69, 9.17) is 52.1 Å². The van der Waals surface area contributed by atoms with Gasteiger partial charge in [-0.3, -0.25) is 29.2 Å². The number of piperazine rings is 2. The number of piperidine rings is 1. The quantitative estimate of drug-likeness (QED) is 0.0358. The molecule has 5 fully saturated rings. The number of carbonyl (C=O) groups is 4. The number of nitriles is 2. The predicted molar refractivity (Wildman–Crippen MR) is 416 cm³/mol. The Hall–Kier alpha value is -7.62. The smallest absolute Gasteiger partial charge is 0.408 e. The van der Waals surface area contributed by atoms with Gasteiger partial charge in [-0.05, 0) is 138 Å². The van der Waals surface area contributed by atoms with E-state index in [-0.39, 0.29) is 179 Å². The number of amides is 1. The molecule has 9 aliphatic heterocycles. The normalized spacial score (nSPS) is 26.9. The van der Waals surface area contributed by atoms with E-state index < -0.39 is 65.7 Å². The van der Waals surface area contributed by atoms with Crippen LogP contribution in [0.15, 0.2) is 108 Å². The van der Waals surface area contributed by atoms with Crippen LogP contribution in [0.5, 0.6) is 28.7 Å². The molecule has 4 unspecified atom stereocenters. The second-order valence-electron chi connectivity index (χ2n) is 30.8. The number of likely N-dealkylation sites (N-methyl/N-ethyl adjacent to an activating group) is 2. The Morgan fingerprint density at radius 2 is 1.33 bits per heavy atom. The minimum atomic E-state index is -2.11. The molecule has 0 aromatic heterocycles. The number of cyclic esters (lactones) is 1. The van der Waals surface area contributed by atoms with Gasteiger partial charge >= 0.3 is 18.0 Å². The molecular weight excluding hydrogens is 1680 g/mol. The Labute approximate surface area is 698 Å². The zero-order valence-corrected chi connectivity index (χ0v) is 72.0. The zero-order valence-electron chi connectivity index (χ0n) is 65.6. The van der Waals surface area contributed by atoms with Crippen molar-refractivity contribution in [3.8, 4) is 52.0 Å². The molecular formula is C85H97AcN7O17S2. The third-order valence-corrected chi connectivity index (χ3v) is 26.7. The first kappa shape index (κ1) is 82.4. The average molecular weight is 1780 g/mol. The van der Waals surface area contributed by atoms with E-state index >= 15 is 0 Å². The van der Waals surface area contributed by atoms with E-state index in [0.717, 1.165) is 55.8 Å². The van der Waals surface area contributed by atoms with Crippen LogP contribution < -0.4 is 24.3 Å². The van der Waals surface area contributed by atoms with Gasteiger partial charge in [0, 0.05) is 151 Å². The number of nitrogens with one attached hydrogen (secondary N) is 1. The van der Waals surface area contributed by atoms with Crippen molar-refractivity contribution < 1.29 is 126 Å². The van der Waals surface area contributed by atoms with Crippen LogP contribution in [0.3, 0.4) is 0 Å². The number of ketones is 1. The van der Waals surface area contributed by atoms with Gasteiger partial charge in [-0.2, -0.15) is 34.0 Å². The molecule has 27 heteroatoms. The van der Waals surface area contributed by atoms with Crippen LogP contribution in [0, 0.1) is 107 Å². The summed E-state index contributed by atoms with van der Waals surface area (Å²) in [6.45, 7) is 24.2. The number of methoxy groups -OCH3 is 2. The molecule has 5 saturated heterocycles. The number of carbonyl (C=O) groups excluding carboxylic acids is 4. The molecule has 11 aliphatic rings. The van der Waals surface area contributed by atoms with Gasteiger partial charge in [0.1, 0.15) is 55.2 Å². The monoisotopic (exact) mass is 1780 g/mol. The largest absolute Gasteiger partial charge is 0.507 e. The van der Waals surface area contributed by atoms with Crippen molar-refractivity contribution in [3.63, 3.8) is 0 Å². The maximum Gasteiger partial charge on any atom is 0.408 e. The summed E-state index contributed by atoms with van der Waals surface area (Å²) in [4.78, 5) is 63.9. The molecule has 112 heavy (non-hydrogen) atoms. The number of Topliss-reactive ketones (excluding diaryl/α,β-unsaturated/α-hetero) is 1. The first-order valence-corrected chi connectivity index (χ1v) is 39.8. The fraction of sp³-hybridized carbons (Fsp3) is 0.482. The summed E-state index contributed by atoms with van der Waals surface area (Å²) in [5.41, 5.74) is 14.7. The number of rotatable bonds is 16. The van der Waals surface area contributed by atoms with Crippen LogP contribution in [0.2, 0.25) is 0 Å². The second kappa shape index (κ2) is 33.7. The van der Waals surface area contributed by atoms with Gasteiger partial charge in [0.15, 0.2) is 48.0 Å². The van der Waals surface area contributed by atoms with Gasteiger partial charge in [-0.15, -0.1) is 6.58 Å². The number of ether oxygens (including phenoxy) is 11. The fourth-order valence-corrected chi connectivity index (χ4v) is 21.6. The van der Waals surface area contributed by atoms with Crippen molar-refractivity contribution >= 4 is 47.3 Å². The first-order valence-electron chi connectivity index (χ1n) is 37.6. The number of benzene rings is 5. The molecule has 3 N–H and O–H groups in total. The molecule has 1 radical (unpaired) electrons. The zero-order chi connectivity index (χ0) is 78.9. The predicted octanol–water partition coefficient (Wildman–Crippen LogP) is 11.6. The molecule has 589 valence electrons. The number of alkyl carbamates (subject to hydrolysis) is 1. The number of allylic oxidation sites excluding steroid dienone is 1. The summed E-state index contributed by atoms with van der Waals surface area (Å²) in [6, 6.07) is 20.2. The number of aromatic hydroxyl groups is 1. The van der Waals surface area contributed by atoms with Crippen LogP contribution in [-0.4, -0.2) is 200 Å². The minimum Gasteiger partial charge on any atom is -0.507 e. The summed E-state index contributed by atoms with van der Waals surface area (Å²) in [6.07, 6.45) is 1.69. The number of phenols is 1. The summed E-state index contributed by atoms with van der Waals surface area (Å²) < 4.78 is 64.7. The molecule has 6 bridgehead atoms. The fourth-order valence-electron chi connectivity index (χ4n) is 18.9. The number of aryl methyl sites for hydroxylation is 2. The number of hydrogen-bond acceptors (Lipinski definition) is 25. The van der Waals surface area contributed by atoms with E-state index in [1.165, 1.54) is 51.2 Å². The Bertz CT molecular complexity index is 4720. The third-order valence-electron chi connectivity index (χ3n) is 24.0. The van der Waals surface area contributed by atoms with E-state index in [1.807, 2.05) is 77.8 Å². The standard InChI is InChI=1S/C49H52N4O10S.C32H37N3O7S.C4H8.Ac/c1-7-16-59-48(56)51-35(23-64-22-34-32-14-10-8-12-30(32)31-13-9-11-15-33(31)34)47(55)60-21-39-41-45-44(62-25-63-45)28(4)46(54)49(41,57)19-37-42-40-29(17-26(2)27(3)43(40)61-24-58-6)18-36(52(42)5)38(20-50)53(37)39;1-14-7-18-8-19-20(9-33)35-21-10-39-32(37)15(2)11-43-31(24-23(21)30-29(41-13-42-30)17(4)27(24)36)26(35)25(34(19)5)22(18)28(16(14)3)40-12-38-6;1-4(2)3;/h7-15,17,34-39,42,57H,1,16,18-19,21-25H2,2-6H3,(H,51,56);7,15,19-21,25-26,31,36H,8,10-13H2,1-6H3;1H2,2-3H3;/t35-,36+,37?,38+,39+,42+,49?;15?,19-,20-,21-,25+,26?,31+;;/m10../s1. The van der Waals surface area contributed by atoms with Gasteiger partial charge in [0.2, 0.25) is 13.6 Å². The number of phenolic OH excluding ortho intramolecular Hbond substituents is 1. The molecule has 1 amide bonds. The van der Waals surface area contributed by atoms with Crippen LogP contribution in [-0.2, 0) is 60.4 Å². The molecule has 5 aromatic rings. The van der Waals surface area contributed by atoms with Crippen molar-refractivity contribution in [1.29, 1.82) is 10.5 Å². The molecule has 2 aliphatic carbocycles. The van der Waals surface area contributed by atoms with Gasteiger partial charge in [-0.25, -0.2) is 9.59 Å². The topological polar surface area (TPSA) is 283 Å². The average Bonchev–Trinajstić information content (AvgIpc) is 0.951. The summed E-state index contributed by atoms with van der Waals surface area (Å²) in [5, 5.41) is 49.2. The molecule has 0 spiro atoms. The van der Waals surface area contributed by atoms with E-state index in [9.17, 15) is 39.9 Å². The maximum atomic E-state index is 14.5. The SMILES string of the molecule is C=C(C)C.C=CCOC(=O)N[C@H](CSCC1c2ccccc2-c2ccccc21)C(=O)OC[C@H]1C2=C3OCOC3=C(C)C(=O)C2(O)CC2[C@H]3c4c(cc(C)c(C)c4OCOC)C[C@@H]([C@H](C#N)N21)N3C.COCOc1c(C)c(C)cc2c1[C@@H]1C3[C@@H]4SCC(C)C(=O)OC[C@@H](c5c6c(c(C)c(O)c54)OCO6)N3[C@@H](C#N)[C@H](C2)N1C.[Ac]. The Kier molecular flexibility index (Phi) is 24.8. The number of thioether (sulfide) groups is 2. The van der Waals surface area contributed by atoms with Gasteiger partial charge in [0.25, 0.3) is 0 Å². The molecule has 24 nitrogen and oxygen atoms in total. The van der Waals surface area contributed by atoms with Crippen molar-refractivity contribution in [2.75, 3.05) is 92.6 Å². The van der Waals surface area contributed by atoms with Crippen LogP contribution in [0.25, 0.3) is 11.1 Å². The van der Waals surface area contributed by atoms with E-state index in [0.29, 0.717) is 47.2 Å². The summed E-state index contributed by atoms with van der Waals surface area (Å²) >= 11 is 3.13. The first-order chi connectivity index (χ1) is 53.3. The summed E-state index contributed by atoms with van der Waals surface area (Å²) in [5.74, 6) is 2.56. The number of hydrogen-bond donors (Lipinski definition) is 3. The van der Waals surface area contributed by atoms with Crippen molar-refractivity contribution in [2.24, 2.45) is 5.92 Å². The number of fused-ring (bicyclic) bond motifs is 20. The van der Waals surface area contributed by atoms with Crippen LogP contribution in [0.1, 0.15) is 136 Å². The van der Waals surface area contributed by atoms with E-state index in [1.54, 1.807) is 32.9 Å². The van der Waals surface area contributed by atoms with Crippen LogP contribution >= 0.6 is 23.5 Å². The van der Waals surface area contributed by atoms with Crippen molar-refractivity contribution in [1.82, 2.24) is 24.9 Å². The van der Waals surface area contributed by atoms with Crippen molar-refractivity contribution in [2.45, 2.75) is 165 Å². The maximum absolute atomic E-state index is 14.5. The van der Waals surface area contributed by atoms with Crippen molar-refractivity contribution in [3.05, 3.63) is 180 Å². The molecule has 5 aromatic carbocycles. The number of nitrogens with zero attached hydrogens (tertiary/aromatic N) is 6.